The Hall–Kier alpha value is -0.970. The molecule has 21 heavy (non-hydrogen) atoms. The van der Waals surface area contributed by atoms with Crippen LogP contribution >= 0.6 is 11.3 Å². The van der Waals surface area contributed by atoms with Crippen LogP contribution in [0.5, 0.6) is 0 Å². The first kappa shape index (κ1) is 14.9. The molecule has 1 saturated carbocycles. The zero-order chi connectivity index (χ0) is 14.5. The van der Waals surface area contributed by atoms with Gasteiger partial charge in [-0.1, -0.05) is 12.8 Å². The van der Waals surface area contributed by atoms with E-state index in [1.807, 2.05) is 6.20 Å². The molecule has 114 valence electrons. The van der Waals surface area contributed by atoms with Crippen molar-refractivity contribution in [1.82, 2.24) is 10.3 Å². The Kier molecular flexibility index (Phi) is 5.22. The molecular weight excluding hydrogens is 280 g/mol. The topological polar surface area (TPSA) is 45.1 Å². The van der Waals surface area contributed by atoms with Crippen molar-refractivity contribution in [2.24, 2.45) is 5.92 Å². The summed E-state index contributed by atoms with van der Waals surface area (Å²) < 4.78 is 1.26. The van der Waals surface area contributed by atoms with E-state index in [0.717, 1.165) is 37.9 Å². The molecule has 2 atom stereocenters. The van der Waals surface area contributed by atoms with Gasteiger partial charge in [0.25, 0.3) is 0 Å². The minimum Gasteiger partial charge on any atom is -0.393 e. The van der Waals surface area contributed by atoms with Crippen molar-refractivity contribution in [2.75, 3.05) is 6.54 Å². The number of hydrogen-bond donors (Lipinski definition) is 2. The van der Waals surface area contributed by atoms with Crippen molar-refractivity contribution >= 4 is 21.6 Å². The van der Waals surface area contributed by atoms with Crippen LogP contribution in [0.1, 0.15) is 44.1 Å². The van der Waals surface area contributed by atoms with Gasteiger partial charge in [0.15, 0.2) is 0 Å². The maximum absolute atomic E-state index is 9.96. The maximum Gasteiger partial charge on any atom is 0.0809 e. The van der Waals surface area contributed by atoms with Crippen LogP contribution in [0.25, 0.3) is 10.2 Å². The van der Waals surface area contributed by atoms with Crippen molar-refractivity contribution in [2.45, 2.75) is 51.2 Å². The van der Waals surface area contributed by atoms with Gasteiger partial charge in [-0.15, -0.1) is 11.3 Å². The summed E-state index contributed by atoms with van der Waals surface area (Å²) >= 11 is 1.75. The lowest BCUT2D eigenvalue weighted by Gasteiger charge is -2.27. The summed E-state index contributed by atoms with van der Waals surface area (Å²) in [5.74, 6) is 0.532. The van der Waals surface area contributed by atoms with E-state index < -0.39 is 0 Å². The second-order valence-corrected chi connectivity index (χ2v) is 7.03. The SMILES string of the molecule is OC1CCCCC1CCCNCc1cnc2ccsc2c1. The Morgan fingerprint density at radius 2 is 2.24 bits per heavy atom. The molecule has 3 nitrogen and oxygen atoms in total. The van der Waals surface area contributed by atoms with E-state index in [9.17, 15) is 5.11 Å². The first-order valence-electron chi connectivity index (χ1n) is 8.04. The number of aliphatic hydroxyl groups is 1. The molecule has 2 heterocycles. The number of thiophene rings is 1. The Morgan fingerprint density at radius 3 is 3.14 bits per heavy atom. The van der Waals surface area contributed by atoms with Gasteiger partial charge in [0.05, 0.1) is 16.3 Å². The highest BCUT2D eigenvalue weighted by Crippen LogP contribution is 2.27. The molecule has 2 N–H and O–H groups in total. The van der Waals surface area contributed by atoms with Crippen molar-refractivity contribution < 1.29 is 5.11 Å². The van der Waals surface area contributed by atoms with Gasteiger partial charge in [0.2, 0.25) is 0 Å². The van der Waals surface area contributed by atoms with Crippen molar-refractivity contribution in [3.05, 3.63) is 29.3 Å². The van der Waals surface area contributed by atoms with Crippen LogP contribution < -0.4 is 5.32 Å². The van der Waals surface area contributed by atoms with Crippen LogP contribution in [-0.4, -0.2) is 22.7 Å². The van der Waals surface area contributed by atoms with Gasteiger partial charge in [0, 0.05) is 12.7 Å². The molecule has 0 spiro atoms. The number of hydrogen-bond acceptors (Lipinski definition) is 4. The van der Waals surface area contributed by atoms with E-state index in [1.165, 1.54) is 29.5 Å². The second kappa shape index (κ2) is 7.34. The lowest BCUT2D eigenvalue weighted by molar-refractivity contribution is 0.0643. The van der Waals surface area contributed by atoms with Gasteiger partial charge in [-0.25, -0.2) is 0 Å². The molecule has 0 aromatic carbocycles. The summed E-state index contributed by atoms with van der Waals surface area (Å²) in [5, 5.41) is 15.5. The molecule has 3 rings (SSSR count). The molecule has 0 aliphatic heterocycles. The fourth-order valence-electron chi connectivity index (χ4n) is 3.23. The molecule has 1 fully saturated rings. The van der Waals surface area contributed by atoms with Crippen molar-refractivity contribution in [1.29, 1.82) is 0 Å². The highest BCUT2D eigenvalue weighted by molar-refractivity contribution is 7.17. The molecule has 2 aromatic rings. The van der Waals surface area contributed by atoms with Gasteiger partial charge >= 0.3 is 0 Å². The third-order valence-corrected chi connectivity index (χ3v) is 5.34. The smallest absolute Gasteiger partial charge is 0.0809 e. The Labute approximate surface area is 130 Å². The predicted octanol–water partition coefficient (Wildman–Crippen LogP) is 3.72. The first-order valence-corrected chi connectivity index (χ1v) is 8.92. The monoisotopic (exact) mass is 304 g/mol. The second-order valence-electron chi connectivity index (χ2n) is 6.08. The number of nitrogens with zero attached hydrogens (tertiary/aromatic N) is 1. The molecule has 1 aliphatic carbocycles. The molecule has 0 saturated heterocycles. The summed E-state index contributed by atoms with van der Waals surface area (Å²) in [5.41, 5.74) is 2.35. The Morgan fingerprint density at radius 1 is 1.33 bits per heavy atom. The standard InChI is InChI=1S/C17H24N2OS/c20-16-6-2-1-4-14(16)5-3-8-18-11-13-10-17-15(19-12-13)7-9-21-17/h7,9-10,12,14,16,18,20H,1-6,8,11H2. The Bertz CT molecular complexity index is 569. The lowest BCUT2D eigenvalue weighted by atomic mass is 9.83. The average Bonchev–Trinajstić information content (AvgIpc) is 2.96. The minimum absolute atomic E-state index is 0.0517. The van der Waals surface area contributed by atoms with E-state index in [1.54, 1.807) is 11.3 Å². The third kappa shape index (κ3) is 4.02. The zero-order valence-corrected chi connectivity index (χ0v) is 13.2. The Balaban J connectivity index is 1.37. The molecule has 2 aromatic heterocycles. The van der Waals surface area contributed by atoms with E-state index in [-0.39, 0.29) is 6.10 Å². The fourth-order valence-corrected chi connectivity index (χ4v) is 4.03. The molecule has 0 bridgehead atoms. The number of rotatable bonds is 6. The number of aliphatic hydroxyl groups excluding tert-OH is 1. The fraction of sp³-hybridized carbons (Fsp3) is 0.588. The molecule has 0 amide bonds. The summed E-state index contributed by atoms with van der Waals surface area (Å²) in [6.45, 7) is 1.90. The van der Waals surface area contributed by atoms with Gasteiger partial charge < -0.3 is 10.4 Å². The van der Waals surface area contributed by atoms with Crippen LogP contribution in [0, 0.1) is 5.92 Å². The molecular formula is C17H24N2OS. The van der Waals surface area contributed by atoms with Crippen LogP contribution in [-0.2, 0) is 6.54 Å². The number of fused-ring (bicyclic) bond motifs is 1. The molecule has 2 unspecified atom stereocenters. The van der Waals surface area contributed by atoms with Gasteiger partial charge in [-0.05, 0) is 61.2 Å². The lowest BCUT2D eigenvalue weighted by Crippen LogP contribution is -2.25. The average molecular weight is 304 g/mol. The summed E-state index contributed by atoms with van der Waals surface area (Å²) in [6, 6.07) is 4.29. The van der Waals surface area contributed by atoms with Crippen LogP contribution in [0.4, 0.5) is 0 Å². The first-order chi connectivity index (χ1) is 10.3. The molecule has 1 aliphatic rings. The molecule has 0 radical (unpaired) electrons. The van der Waals surface area contributed by atoms with Crippen LogP contribution in [0.15, 0.2) is 23.7 Å². The van der Waals surface area contributed by atoms with Crippen molar-refractivity contribution in [3.63, 3.8) is 0 Å². The van der Waals surface area contributed by atoms with E-state index in [4.69, 9.17) is 0 Å². The normalized spacial score (nSPS) is 22.7. The summed E-state index contributed by atoms with van der Waals surface area (Å²) in [4.78, 5) is 4.46. The predicted molar refractivity (Wildman–Crippen MR) is 88.5 cm³/mol. The number of aromatic nitrogens is 1. The zero-order valence-electron chi connectivity index (χ0n) is 12.4. The van der Waals surface area contributed by atoms with Gasteiger partial charge in [0.1, 0.15) is 0 Å². The van der Waals surface area contributed by atoms with E-state index >= 15 is 0 Å². The number of pyridine rings is 1. The van der Waals surface area contributed by atoms with Gasteiger partial charge in [-0.3, -0.25) is 4.98 Å². The summed E-state index contributed by atoms with van der Waals surface area (Å²) in [7, 11) is 0. The van der Waals surface area contributed by atoms with Crippen LogP contribution in [0.2, 0.25) is 0 Å². The number of nitrogens with one attached hydrogen (secondary N) is 1. The van der Waals surface area contributed by atoms with Crippen LogP contribution in [0.3, 0.4) is 0 Å². The van der Waals surface area contributed by atoms with E-state index in [0.29, 0.717) is 5.92 Å². The maximum atomic E-state index is 9.96. The van der Waals surface area contributed by atoms with Gasteiger partial charge in [-0.2, -0.15) is 0 Å². The minimum atomic E-state index is -0.0517. The third-order valence-electron chi connectivity index (χ3n) is 4.49. The van der Waals surface area contributed by atoms with Crippen molar-refractivity contribution in [3.8, 4) is 0 Å². The quantitative estimate of drug-likeness (QED) is 0.800. The summed E-state index contributed by atoms with van der Waals surface area (Å²) in [6.07, 6.45) is 8.92. The largest absolute Gasteiger partial charge is 0.393 e. The highest BCUT2D eigenvalue weighted by Gasteiger charge is 2.21. The van der Waals surface area contributed by atoms with E-state index in [2.05, 4.69) is 27.8 Å². The highest BCUT2D eigenvalue weighted by atomic mass is 32.1. The molecule has 4 heteroatoms.